The summed E-state index contributed by atoms with van der Waals surface area (Å²) < 4.78 is 4.77. The minimum Gasteiger partial charge on any atom is -0.467 e. The molecule has 0 bridgehead atoms. The van der Waals surface area contributed by atoms with Crippen LogP contribution in [-0.4, -0.2) is 35.0 Å². The molecular weight excluding hydrogens is 332 g/mol. The summed E-state index contributed by atoms with van der Waals surface area (Å²) in [5.74, 6) is -1.01. The Balaban J connectivity index is 2.31. The van der Waals surface area contributed by atoms with E-state index in [1.54, 1.807) is 18.3 Å². The van der Waals surface area contributed by atoms with Crippen molar-refractivity contribution in [2.75, 3.05) is 7.11 Å². The van der Waals surface area contributed by atoms with Gasteiger partial charge in [-0.25, -0.2) is 9.78 Å². The smallest absolute Gasteiger partial charge is 0.354 e. The molecule has 0 spiro atoms. The lowest BCUT2D eigenvalue weighted by molar-refractivity contribution is -0.142. The molecule has 1 aromatic carbocycles. The van der Waals surface area contributed by atoms with E-state index < -0.39 is 17.9 Å². The Labute approximate surface area is 151 Å². The van der Waals surface area contributed by atoms with Gasteiger partial charge in [0.1, 0.15) is 6.04 Å². The highest BCUT2D eigenvalue weighted by molar-refractivity contribution is 5.99. The van der Waals surface area contributed by atoms with Crippen LogP contribution >= 0.6 is 0 Å². The lowest BCUT2D eigenvalue weighted by Gasteiger charge is -2.16. The van der Waals surface area contributed by atoms with E-state index in [-0.39, 0.29) is 6.42 Å². The van der Waals surface area contributed by atoms with Crippen LogP contribution < -0.4 is 5.32 Å². The number of H-pyrrole nitrogens is 1. The number of rotatable bonds is 7. The van der Waals surface area contributed by atoms with Crippen molar-refractivity contribution in [3.63, 3.8) is 0 Å². The van der Waals surface area contributed by atoms with Crippen molar-refractivity contribution < 1.29 is 14.3 Å². The molecule has 7 nitrogen and oxygen atoms in total. The van der Waals surface area contributed by atoms with Gasteiger partial charge in [0.15, 0.2) is 0 Å². The number of imidazole rings is 1. The summed E-state index contributed by atoms with van der Waals surface area (Å²) in [4.78, 5) is 35.2. The molecule has 0 saturated heterocycles. The largest absolute Gasteiger partial charge is 0.467 e. The molecule has 7 heteroatoms. The molecule has 0 aliphatic heterocycles. The Bertz CT molecular complexity index is 850. The van der Waals surface area contributed by atoms with Crippen LogP contribution in [-0.2, 0) is 16.0 Å². The number of carbonyl (C=O) groups excluding carboxylic acids is 2. The average Bonchev–Trinajstić information content (AvgIpc) is 3.18. The lowest BCUT2D eigenvalue weighted by atomic mass is 10.0. The van der Waals surface area contributed by atoms with Crippen molar-refractivity contribution in [3.8, 4) is 6.57 Å². The van der Waals surface area contributed by atoms with Crippen LogP contribution in [0.4, 0.5) is 5.69 Å². The normalized spacial score (nSPS) is 11.1. The molecule has 0 fully saturated rings. The summed E-state index contributed by atoms with van der Waals surface area (Å²) in [5.41, 5.74) is 2.65. The number of methoxy groups -OCH3 is 1. The molecule has 2 aromatic rings. The average molecular weight is 351 g/mol. The van der Waals surface area contributed by atoms with Crippen molar-refractivity contribution >= 4 is 29.7 Å². The number of hydrogen-bond donors (Lipinski definition) is 2. The van der Waals surface area contributed by atoms with Crippen molar-refractivity contribution in [1.29, 1.82) is 0 Å². The molecule has 0 radical (unpaired) electrons. The number of nitrogens with zero attached hydrogens (tertiary/aromatic N) is 2. The van der Waals surface area contributed by atoms with Gasteiger partial charge in [0.2, 0.25) is 0 Å². The van der Waals surface area contributed by atoms with Gasteiger partial charge >= 0.3 is 11.7 Å². The molecule has 1 atom stereocenters. The highest BCUT2D eigenvalue weighted by atomic mass is 16.5. The molecule has 2 rings (SSSR count). The van der Waals surface area contributed by atoms with Gasteiger partial charge < -0.3 is 15.0 Å². The second kappa shape index (κ2) is 8.44. The standard InChI is InChI=1S/C19H18N4O3/c1-5-12-7-14(8-13(6-2)17(12)20-3)18(24)23-16(19(25)26-4)9-15-10-21-11-22-15/h3,5-8,10-11,16H,1-2,9H2,4H3,(H-,21,22,23,24)/p+1/t16-/m1/s1. The van der Waals surface area contributed by atoms with E-state index in [9.17, 15) is 9.59 Å². The van der Waals surface area contributed by atoms with Crippen molar-refractivity contribution in [3.05, 3.63) is 65.0 Å². The summed E-state index contributed by atoms with van der Waals surface area (Å²) in [6, 6.07) is 2.31. The van der Waals surface area contributed by atoms with Crippen LogP contribution in [0.2, 0.25) is 0 Å². The lowest BCUT2D eigenvalue weighted by Crippen LogP contribution is -2.43. The first-order valence-corrected chi connectivity index (χ1v) is 7.73. The number of nitrogens with one attached hydrogen (secondary N) is 2. The topological polar surface area (TPSA) is 88.4 Å². The van der Waals surface area contributed by atoms with Gasteiger partial charge in [0.05, 0.1) is 24.6 Å². The van der Waals surface area contributed by atoms with E-state index in [4.69, 9.17) is 11.3 Å². The first-order valence-electron chi connectivity index (χ1n) is 7.73. The zero-order valence-corrected chi connectivity index (χ0v) is 14.4. The Morgan fingerprint density at radius 1 is 1.38 bits per heavy atom. The monoisotopic (exact) mass is 351 g/mol. The predicted octanol–water partition coefficient (Wildman–Crippen LogP) is 2.80. The molecular formula is C19H19N4O3+. The van der Waals surface area contributed by atoms with Crippen LogP contribution in [0.3, 0.4) is 0 Å². The maximum atomic E-state index is 12.7. The minimum absolute atomic E-state index is 0.220. The quantitative estimate of drug-likeness (QED) is 0.751. The Kier molecular flexibility index (Phi) is 6.06. The summed E-state index contributed by atoms with van der Waals surface area (Å²) in [6.07, 6.45) is 6.37. The molecule has 2 N–H and O–H groups in total. The van der Waals surface area contributed by atoms with Crippen LogP contribution in [0.1, 0.15) is 27.2 Å². The Hall–Kier alpha value is -3.66. The fraction of sp³-hybridized carbons (Fsp3) is 0.158. The second-order valence-corrected chi connectivity index (χ2v) is 5.37. The summed E-state index contributed by atoms with van der Waals surface area (Å²) in [7, 11) is 1.26. The first kappa shape index (κ1) is 18.7. The summed E-state index contributed by atoms with van der Waals surface area (Å²) in [6.45, 7) is 12.8. The van der Waals surface area contributed by atoms with Gasteiger partial charge in [0.25, 0.3) is 12.5 Å². The minimum atomic E-state index is -0.869. The summed E-state index contributed by atoms with van der Waals surface area (Å²) in [5, 5.41) is 2.67. The van der Waals surface area contributed by atoms with Gasteiger partial charge in [-0.15, -0.1) is 0 Å². The maximum Gasteiger partial charge on any atom is 0.354 e. The maximum absolute atomic E-state index is 12.7. The third kappa shape index (κ3) is 4.05. The van der Waals surface area contributed by atoms with E-state index in [1.807, 2.05) is 0 Å². The van der Waals surface area contributed by atoms with Gasteiger partial charge in [-0.2, -0.15) is 0 Å². The molecule has 0 saturated carbocycles. The zero-order valence-electron chi connectivity index (χ0n) is 14.4. The van der Waals surface area contributed by atoms with Crippen molar-refractivity contribution in [1.82, 2.24) is 15.3 Å². The van der Waals surface area contributed by atoms with E-state index in [0.717, 1.165) is 0 Å². The third-order valence-electron chi connectivity index (χ3n) is 3.77. The predicted molar refractivity (Wildman–Crippen MR) is 100 cm³/mol. The number of aromatic nitrogens is 2. The van der Waals surface area contributed by atoms with Gasteiger partial charge in [-0.1, -0.05) is 25.3 Å². The van der Waals surface area contributed by atoms with E-state index in [2.05, 4.69) is 33.3 Å². The van der Waals surface area contributed by atoms with Gasteiger partial charge in [-0.3, -0.25) is 4.79 Å². The molecule has 1 aromatic heterocycles. The number of benzene rings is 1. The molecule has 132 valence electrons. The number of amides is 1. The number of aromatic amines is 1. The highest BCUT2D eigenvalue weighted by Gasteiger charge is 2.25. The first-order chi connectivity index (χ1) is 12.5. The van der Waals surface area contributed by atoms with Crippen LogP contribution in [0.5, 0.6) is 0 Å². The molecule has 0 aliphatic rings. The molecule has 26 heavy (non-hydrogen) atoms. The molecule has 0 unspecified atom stereocenters. The van der Waals surface area contributed by atoms with Crippen LogP contribution in [0, 0.1) is 6.57 Å². The third-order valence-corrected chi connectivity index (χ3v) is 3.77. The van der Waals surface area contributed by atoms with Gasteiger partial charge in [-0.05, 0) is 17.0 Å². The van der Waals surface area contributed by atoms with Gasteiger partial charge in [0, 0.05) is 23.9 Å². The number of carbonyl (C=O) groups is 2. The second-order valence-electron chi connectivity index (χ2n) is 5.37. The van der Waals surface area contributed by atoms with E-state index in [1.165, 1.54) is 25.6 Å². The van der Waals surface area contributed by atoms with Crippen molar-refractivity contribution in [2.45, 2.75) is 12.5 Å². The molecule has 0 aliphatic carbocycles. The van der Waals surface area contributed by atoms with E-state index in [0.29, 0.717) is 28.1 Å². The fourth-order valence-corrected chi connectivity index (χ4v) is 2.46. The van der Waals surface area contributed by atoms with Crippen LogP contribution in [0.25, 0.3) is 17.0 Å². The Morgan fingerprint density at radius 2 is 2.04 bits per heavy atom. The highest BCUT2D eigenvalue weighted by Crippen LogP contribution is 2.28. The van der Waals surface area contributed by atoms with Crippen LogP contribution in [0.15, 0.2) is 37.8 Å². The fourth-order valence-electron chi connectivity index (χ4n) is 2.46. The molecule has 1 amide bonds. The van der Waals surface area contributed by atoms with E-state index >= 15 is 0 Å². The Morgan fingerprint density at radius 3 is 2.50 bits per heavy atom. The SMILES string of the molecule is C#[N+]c1c(C=C)cc(C(=O)N[C@H](Cc2cnc[nH]2)C(=O)OC)cc1C=C. The number of hydrogen-bond acceptors (Lipinski definition) is 4. The van der Waals surface area contributed by atoms with Crippen molar-refractivity contribution in [2.24, 2.45) is 0 Å². The number of ether oxygens (including phenoxy) is 1. The molecule has 1 heterocycles. The number of esters is 1. The summed E-state index contributed by atoms with van der Waals surface area (Å²) >= 11 is 0. The zero-order chi connectivity index (χ0) is 19.1.